The number of ether oxygens (including phenoxy) is 1. The lowest BCUT2D eigenvalue weighted by Crippen LogP contribution is -2.42. The number of methoxy groups -OCH3 is 1. The Labute approximate surface area is 137 Å². The number of piperidine rings is 1. The number of carbonyl (C=O) groups excluding carboxylic acids is 1. The molecule has 1 aromatic carbocycles. The highest BCUT2D eigenvalue weighted by Gasteiger charge is 2.56. The van der Waals surface area contributed by atoms with Crippen LogP contribution in [0.3, 0.4) is 0 Å². The molecule has 3 rings (SSSR count). The Hall–Kier alpha value is -1.56. The molecule has 1 aliphatic carbocycles. The van der Waals surface area contributed by atoms with E-state index in [1.807, 2.05) is 29.2 Å². The maximum absolute atomic E-state index is 12.5. The van der Waals surface area contributed by atoms with Gasteiger partial charge in [-0.1, -0.05) is 28.1 Å². The first kappa shape index (κ1) is 15.3. The van der Waals surface area contributed by atoms with E-state index in [2.05, 4.69) is 15.9 Å². The summed E-state index contributed by atoms with van der Waals surface area (Å²) < 4.78 is 5.13. The number of hydrogen-bond acceptors (Lipinski definition) is 3. The van der Waals surface area contributed by atoms with E-state index in [4.69, 9.17) is 9.84 Å². The Morgan fingerprint density at radius 3 is 2.64 bits per heavy atom. The first-order valence-electron chi connectivity index (χ1n) is 7.30. The molecule has 5 nitrogen and oxygen atoms in total. The number of likely N-dealkylation sites (tertiary alicyclic amines) is 1. The number of nitrogens with zero attached hydrogens (tertiary/aromatic N) is 1. The zero-order valence-corrected chi connectivity index (χ0v) is 13.8. The van der Waals surface area contributed by atoms with Crippen LogP contribution in [0.5, 0.6) is 5.75 Å². The summed E-state index contributed by atoms with van der Waals surface area (Å²) in [7, 11) is 1.61. The SMILES string of the molecule is COc1ccc(CN2C(=O)[C@H]3C[C@@H](CC(=O)O)[C@@H]2[C@@H]3Br)cc1. The molecule has 4 atom stereocenters. The summed E-state index contributed by atoms with van der Waals surface area (Å²) in [6.07, 6.45) is 0.792. The minimum absolute atomic E-state index is 0.0304. The van der Waals surface area contributed by atoms with Crippen LogP contribution in [-0.4, -0.2) is 39.9 Å². The van der Waals surface area contributed by atoms with Gasteiger partial charge < -0.3 is 14.7 Å². The zero-order valence-electron chi connectivity index (χ0n) is 12.2. The number of benzene rings is 1. The van der Waals surface area contributed by atoms with Gasteiger partial charge in [-0.15, -0.1) is 0 Å². The van der Waals surface area contributed by atoms with Crippen LogP contribution >= 0.6 is 15.9 Å². The number of halogens is 1. The third kappa shape index (κ3) is 2.60. The van der Waals surface area contributed by atoms with Gasteiger partial charge in [-0.25, -0.2) is 0 Å². The summed E-state index contributed by atoms with van der Waals surface area (Å²) in [4.78, 5) is 25.4. The summed E-state index contributed by atoms with van der Waals surface area (Å²) >= 11 is 3.60. The minimum atomic E-state index is -0.797. The predicted octanol–water partition coefficient (Wildman–Crippen LogP) is 2.28. The van der Waals surface area contributed by atoms with Crippen molar-refractivity contribution in [3.63, 3.8) is 0 Å². The van der Waals surface area contributed by atoms with Crippen LogP contribution in [0.25, 0.3) is 0 Å². The lowest BCUT2D eigenvalue weighted by Gasteiger charge is -2.33. The lowest BCUT2D eigenvalue weighted by molar-refractivity contribution is -0.142. The molecule has 0 radical (unpaired) electrons. The van der Waals surface area contributed by atoms with E-state index in [1.165, 1.54) is 0 Å². The van der Waals surface area contributed by atoms with Crippen molar-refractivity contribution < 1.29 is 19.4 Å². The molecule has 1 saturated heterocycles. The second-order valence-corrected chi connectivity index (χ2v) is 7.01. The normalized spacial score (nSPS) is 29.9. The molecule has 1 aliphatic heterocycles. The molecule has 2 fully saturated rings. The highest BCUT2D eigenvalue weighted by Crippen LogP contribution is 2.48. The minimum Gasteiger partial charge on any atom is -0.497 e. The van der Waals surface area contributed by atoms with Crippen LogP contribution in [0, 0.1) is 11.8 Å². The van der Waals surface area contributed by atoms with E-state index in [0.29, 0.717) is 13.0 Å². The number of aliphatic carboxylic acids is 1. The summed E-state index contributed by atoms with van der Waals surface area (Å²) in [5.41, 5.74) is 1.02. The molecule has 1 aromatic rings. The number of fused-ring (bicyclic) bond motifs is 2. The number of carboxylic acids is 1. The fourth-order valence-electron chi connectivity index (χ4n) is 3.66. The molecule has 1 N–H and O–H groups in total. The summed E-state index contributed by atoms with van der Waals surface area (Å²) in [6.45, 7) is 0.516. The first-order chi connectivity index (χ1) is 10.5. The van der Waals surface area contributed by atoms with Gasteiger partial charge in [0.05, 0.1) is 19.4 Å². The van der Waals surface area contributed by atoms with Crippen LogP contribution in [0.2, 0.25) is 0 Å². The molecule has 0 aromatic heterocycles. The van der Waals surface area contributed by atoms with Crippen LogP contribution in [0.1, 0.15) is 18.4 Å². The Kier molecular flexibility index (Phi) is 4.12. The monoisotopic (exact) mass is 367 g/mol. The molecule has 118 valence electrons. The van der Waals surface area contributed by atoms with Crippen molar-refractivity contribution in [2.75, 3.05) is 7.11 Å². The van der Waals surface area contributed by atoms with E-state index in [9.17, 15) is 9.59 Å². The summed E-state index contributed by atoms with van der Waals surface area (Å²) in [6, 6.07) is 7.58. The highest BCUT2D eigenvalue weighted by atomic mass is 79.9. The van der Waals surface area contributed by atoms with Gasteiger partial charge in [0.1, 0.15) is 5.75 Å². The Morgan fingerprint density at radius 1 is 1.41 bits per heavy atom. The van der Waals surface area contributed by atoms with Crippen molar-refractivity contribution in [1.29, 1.82) is 0 Å². The molecular weight excluding hydrogens is 350 g/mol. The predicted molar refractivity (Wildman–Crippen MR) is 83.9 cm³/mol. The smallest absolute Gasteiger partial charge is 0.303 e. The number of carbonyl (C=O) groups is 2. The number of amides is 1. The van der Waals surface area contributed by atoms with Gasteiger partial charge in [-0.2, -0.15) is 0 Å². The quantitative estimate of drug-likeness (QED) is 0.810. The molecular formula is C16H18BrNO4. The molecule has 1 heterocycles. The van der Waals surface area contributed by atoms with Gasteiger partial charge in [-0.3, -0.25) is 9.59 Å². The van der Waals surface area contributed by atoms with E-state index >= 15 is 0 Å². The molecule has 1 amide bonds. The van der Waals surface area contributed by atoms with Gasteiger partial charge in [0.15, 0.2) is 0 Å². The van der Waals surface area contributed by atoms with Crippen LogP contribution in [0.4, 0.5) is 0 Å². The molecule has 0 spiro atoms. The molecule has 2 bridgehead atoms. The van der Waals surface area contributed by atoms with Crippen molar-refractivity contribution in [3.05, 3.63) is 29.8 Å². The summed E-state index contributed by atoms with van der Waals surface area (Å²) in [5, 5.41) is 9.06. The molecule has 2 aliphatic rings. The van der Waals surface area contributed by atoms with E-state index in [0.717, 1.165) is 11.3 Å². The van der Waals surface area contributed by atoms with Gasteiger partial charge in [0, 0.05) is 17.4 Å². The second kappa shape index (κ2) is 5.91. The molecule has 6 heteroatoms. The fourth-order valence-corrected chi connectivity index (χ4v) is 4.82. The molecule has 22 heavy (non-hydrogen) atoms. The van der Waals surface area contributed by atoms with Crippen molar-refractivity contribution in [2.45, 2.75) is 30.3 Å². The second-order valence-electron chi connectivity index (χ2n) is 5.95. The van der Waals surface area contributed by atoms with Gasteiger partial charge >= 0.3 is 5.97 Å². The van der Waals surface area contributed by atoms with Crippen molar-refractivity contribution in [2.24, 2.45) is 11.8 Å². The Balaban J connectivity index is 1.77. The van der Waals surface area contributed by atoms with E-state index in [1.54, 1.807) is 7.11 Å². The van der Waals surface area contributed by atoms with Crippen molar-refractivity contribution in [3.8, 4) is 5.75 Å². The topological polar surface area (TPSA) is 66.8 Å². The zero-order chi connectivity index (χ0) is 15.9. The third-order valence-electron chi connectivity index (χ3n) is 4.66. The number of hydrogen-bond donors (Lipinski definition) is 1. The van der Waals surface area contributed by atoms with Gasteiger partial charge in [-0.05, 0) is 30.0 Å². The number of carboxylic acid groups (broad SMARTS) is 1. The van der Waals surface area contributed by atoms with Crippen molar-refractivity contribution >= 4 is 27.8 Å². The van der Waals surface area contributed by atoms with Gasteiger partial charge in [0.2, 0.25) is 5.91 Å². The maximum Gasteiger partial charge on any atom is 0.303 e. The van der Waals surface area contributed by atoms with Crippen molar-refractivity contribution in [1.82, 2.24) is 4.90 Å². The standard InChI is InChI=1S/C16H18BrNO4/c1-22-11-4-2-9(3-5-11)8-18-15-10(7-13(19)20)6-12(14(15)17)16(18)21/h2-5,10,12,14-15H,6-8H2,1H3,(H,19,20)/t10-,12-,14+,15+/m0/s1. The average Bonchev–Trinajstić information content (AvgIpc) is 2.90. The summed E-state index contributed by atoms with van der Waals surface area (Å²) in [5.74, 6) is 0.0500. The molecule has 1 saturated carbocycles. The van der Waals surface area contributed by atoms with Gasteiger partial charge in [0.25, 0.3) is 0 Å². The highest BCUT2D eigenvalue weighted by molar-refractivity contribution is 9.09. The van der Waals surface area contributed by atoms with Crippen LogP contribution in [-0.2, 0) is 16.1 Å². The average molecular weight is 368 g/mol. The van der Waals surface area contributed by atoms with E-state index < -0.39 is 5.97 Å². The first-order valence-corrected chi connectivity index (χ1v) is 8.22. The Morgan fingerprint density at radius 2 is 2.09 bits per heavy atom. The van der Waals surface area contributed by atoms with E-state index in [-0.39, 0.29) is 35.0 Å². The number of rotatable bonds is 5. The maximum atomic E-state index is 12.5. The van der Waals surface area contributed by atoms with Crippen LogP contribution in [0.15, 0.2) is 24.3 Å². The molecule has 0 unspecified atom stereocenters. The number of alkyl halides is 1. The van der Waals surface area contributed by atoms with Crippen LogP contribution < -0.4 is 4.74 Å². The largest absolute Gasteiger partial charge is 0.497 e. The Bertz CT molecular complexity index is 588. The third-order valence-corrected chi connectivity index (χ3v) is 5.84. The lowest BCUT2D eigenvalue weighted by atomic mass is 9.94. The fraction of sp³-hybridized carbons (Fsp3) is 0.500.